The zero-order valence-electron chi connectivity index (χ0n) is 15.6. The Labute approximate surface area is 169 Å². The number of fused-ring (bicyclic) bond motifs is 1. The van der Waals surface area contributed by atoms with E-state index in [9.17, 15) is 4.39 Å². The molecule has 4 rings (SSSR count). The molecular formula is C22H22ClFN2O2. The Balaban J connectivity index is 0.00000225. The number of benzene rings is 3. The van der Waals surface area contributed by atoms with Gasteiger partial charge in [-0.1, -0.05) is 24.3 Å². The highest BCUT2D eigenvalue weighted by Crippen LogP contribution is 2.31. The zero-order chi connectivity index (χ0) is 18.6. The van der Waals surface area contributed by atoms with Crippen LogP contribution in [0.25, 0.3) is 21.9 Å². The summed E-state index contributed by atoms with van der Waals surface area (Å²) in [6, 6.07) is 16.9. The van der Waals surface area contributed by atoms with Crippen molar-refractivity contribution in [2.45, 2.75) is 0 Å². The Hall–Kier alpha value is -2.63. The molecule has 1 N–H and O–H groups in total. The van der Waals surface area contributed by atoms with Crippen LogP contribution in [0.2, 0.25) is 0 Å². The lowest BCUT2D eigenvalue weighted by Crippen LogP contribution is -2.20. The van der Waals surface area contributed by atoms with E-state index >= 15 is 0 Å². The monoisotopic (exact) mass is 400 g/mol. The zero-order valence-corrected chi connectivity index (χ0v) is 16.4. The van der Waals surface area contributed by atoms with E-state index in [1.807, 2.05) is 24.3 Å². The van der Waals surface area contributed by atoms with Gasteiger partial charge in [0, 0.05) is 13.7 Å². The van der Waals surface area contributed by atoms with Crippen molar-refractivity contribution in [3.05, 3.63) is 66.0 Å². The number of hydrogen-bond acceptors (Lipinski definition) is 4. The molecule has 6 heteroatoms. The molecule has 0 atom stereocenters. The highest BCUT2D eigenvalue weighted by molar-refractivity contribution is 6.06. The summed E-state index contributed by atoms with van der Waals surface area (Å²) in [6.45, 7) is 2.59. The van der Waals surface area contributed by atoms with Crippen LogP contribution in [0.4, 0.5) is 4.39 Å². The lowest BCUT2D eigenvalue weighted by molar-refractivity contribution is 0.146. The van der Waals surface area contributed by atoms with Gasteiger partial charge in [-0.05, 0) is 52.2 Å². The Bertz CT molecular complexity index is 1010. The Kier molecular flexibility index (Phi) is 6.49. The lowest BCUT2D eigenvalue weighted by Gasteiger charge is -2.14. The van der Waals surface area contributed by atoms with E-state index in [-0.39, 0.29) is 18.2 Å². The minimum Gasteiger partial charge on any atom is -0.490 e. The second-order valence-corrected chi connectivity index (χ2v) is 6.42. The van der Waals surface area contributed by atoms with Crippen LogP contribution in [-0.2, 0) is 4.74 Å². The summed E-state index contributed by atoms with van der Waals surface area (Å²) in [4.78, 5) is 4.54. The normalized spacial score (nSPS) is 13.0. The van der Waals surface area contributed by atoms with Crippen LogP contribution in [0.1, 0.15) is 5.56 Å². The third kappa shape index (κ3) is 4.26. The van der Waals surface area contributed by atoms with Gasteiger partial charge in [0.15, 0.2) is 0 Å². The quantitative estimate of drug-likeness (QED) is 0.622. The molecule has 146 valence electrons. The van der Waals surface area contributed by atoms with Gasteiger partial charge in [0.1, 0.15) is 24.0 Å². The summed E-state index contributed by atoms with van der Waals surface area (Å²) >= 11 is 0. The van der Waals surface area contributed by atoms with Gasteiger partial charge in [0.25, 0.3) is 0 Å². The van der Waals surface area contributed by atoms with Gasteiger partial charge in [0.2, 0.25) is 0 Å². The summed E-state index contributed by atoms with van der Waals surface area (Å²) in [5, 5.41) is 5.43. The van der Waals surface area contributed by atoms with Gasteiger partial charge < -0.3 is 14.8 Å². The van der Waals surface area contributed by atoms with Gasteiger partial charge in [0.05, 0.1) is 18.7 Å². The predicted molar refractivity (Wildman–Crippen MR) is 113 cm³/mol. The van der Waals surface area contributed by atoms with Crippen LogP contribution in [0.15, 0.2) is 59.6 Å². The second-order valence-electron chi connectivity index (χ2n) is 6.42. The number of methoxy groups -OCH3 is 1. The van der Waals surface area contributed by atoms with Crippen LogP contribution in [0, 0.1) is 5.82 Å². The molecule has 1 heterocycles. The molecule has 0 unspecified atom stereocenters. The van der Waals surface area contributed by atoms with Crippen molar-refractivity contribution in [2.75, 3.05) is 33.4 Å². The molecule has 0 aromatic heterocycles. The standard InChI is InChI=1S/C22H21FN2O2.ClH/c1-26-9-10-27-21-14-17-6-5-16(15-3-2-4-19(23)12-15)11-18(17)13-20(21)22-24-7-8-25-22;/h2-6,11-14H,7-10H2,1H3,(H,24,25);1H. The summed E-state index contributed by atoms with van der Waals surface area (Å²) in [5.41, 5.74) is 2.77. The van der Waals surface area contributed by atoms with Crippen LogP contribution in [-0.4, -0.2) is 39.2 Å². The van der Waals surface area contributed by atoms with Crippen molar-refractivity contribution in [3.63, 3.8) is 0 Å². The lowest BCUT2D eigenvalue weighted by atomic mass is 9.99. The number of nitrogens with one attached hydrogen (secondary N) is 1. The first-order valence-corrected chi connectivity index (χ1v) is 8.99. The molecule has 0 aliphatic carbocycles. The van der Waals surface area contributed by atoms with Crippen LogP contribution in [0.5, 0.6) is 5.75 Å². The predicted octanol–water partition coefficient (Wildman–Crippen LogP) is 4.44. The number of halogens is 2. The summed E-state index contributed by atoms with van der Waals surface area (Å²) in [5.74, 6) is 1.39. The molecule has 0 saturated carbocycles. The van der Waals surface area contributed by atoms with Crippen molar-refractivity contribution in [1.29, 1.82) is 0 Å². The Morgan fingerprint density at radius 3 is 2.61 bits per heavy atom. The molecule has 3 aromatic carbocycles. The first-order chi connectivity index (χ1) is 13.2. The SMILES string of the molecule is COCCOc1cc2ccc(-c3cccc(F)c3)cc2cc1C1=NCCN1.Cl. The molecular weight excluding hydrogens is 379 g/mol. The molecule has 0 radical (unpaired) electrons. The highest BCUT2D eigenvalue weighted by atomic mass is 35.5. The molecule has 3 aromatic rings. The number of amidine groups is 1. The molecule has 0 bridgehead atoms. The Morgan fingerprint density at radius 1 is 1.00 bits per heavy atom. The second kappa shape index (κ2) is 9.04. The Morgan fingerprint density at radius 2 is 1.86 bits per heavy atom. The van der Waals surface area contributed by atoms with Gasteiger partial charge in [-0.25, -0.2) is 4.39 Å². The van der Waals surface area contributed by atoms with E-state index in [1.54, 1.807) is 19.2 Å². The van der Waals surface area contributed by atoms with Gasteiger partial charge >= 0.3 is 0 Å². The molecule has 1 aliphatic rings. The van der Waals surface area contributed by atoms with E-state index in [4.69, 9.17) is 9.47 Å². The van der Waals surface area contributed by atoms with Crippen LogP contribution < -0.4 is 10.1 Å². The largest absolute Gasteiger partial charge is 0.490 e. The third-order valence-corrected chi connectivity index (χ3v) is 4.57. The maximum atomic E-state index is 13.6. The molecule has 0 saturated heterocycles. The molecule has 0 fully saturated rings. The van der Waals surface area contributed by atoms with Gasteiger partial charge in [-0.15, -0.1) is 12.4 Å². The average Bonchev–Trinajstić information content (AvgIpc) is 3.22. The first-order valence-electron chi connectivity index (χ1n) is 8.99. The first kappa shape index (κ1) is 20.1. The van der Waals surface area contributed by atoms with Crippen molar-refractivity contribution in [1.82, 2.24) is 5.32 Å². The maximum Gasteiger partial charge on any atom is 0.132 e. The third-order valence-electron chi connectivity index (χ3n) is 4.57. The fourth-order valence-corrected chi connectivity index (χ4v) is 3.24. The smallest absolute Gasteiger partial charge is 0.132 e. The molecule has 1 aliphatic heterocycles. The number of aliphatic imine (C=N–C) groups is 1. The minimum atomic E-state index is -0.236. The van der Waals surface area contributed by atoms with Crippen molar-refractivity contribution >= 4 is 29.0 Å². The van der Waals surface area contributed by atoms with Gasteiger partial charge in [-0.2, -0.15) is 0 Å². The van der Waals surface area contributed by atoms with E-state index in [2.05, 4.69) is 22.4 Å². The molecule has 0 amide bonds. The number of rotatable bonds is 6. The average molecular weight is 401 g/mol. The minimum absolute atomic E-state index is 0. The van der Waals surface area contributed by atoms with E-state index in [0.717, 1.165) is 52.1 Å². The fraction of sp³-hybridized carbons (Fsp3) is 0.227. The number of ether oxygens (including phenoxy) is 2. The van der Waals surface area contributed by atoms with Crippen LogP contribution in [0.3, 0.4) is 0 Å². The van der Waals surface area contributed by atoms with Crippen molar-refractivity contribution in [2.24, 2.45) is 4.99 Å². The van der Waals surface area contributed by atoms with Gasteiger partial charge in [-0.3, -0.25) is 4.99 Å². The molecule has 28 heavy (non-hydrogen) atoms. The topological polar surface area (TPSA) is 42.9 Å². The molecule has 0 spiro atoms. The fourth-order valence-electron chi connectivity index (χ4n) is 3.24. The van der Waals surface area contributed by atoms with E-state index in [0.29, 0.717) is 13.2 Å². The van der Waals surface area contributed by atoms with E-state index in [1.165, 1.54) is 6.07 Å². The van der Waals surface area contributed by atoms with Crippen molar-refractivity contribution in [3.8, 4) is 16.9 Å². The van der Waals surface area contributed by atoms with Crippen molar-refractivity contribution < 1.29 is 13.9 Å². The van der Waals surface area contributed by atoms with Crippen LogP contribution >= 0.6 is 12.4 Å². The number of hydrogen-bond donors (Lipinski definition) is 1. The summed E-state index contributed by atoms with van der Waals surface area (Å²) in [7, 11) is 1.65. The molecule has 4 nitrogen and oxygen atoms in total. The van der Waals surface area contributed by atoms with E-state index < -0.39 is 0 Å². The summed E-state index contributed by atoms with van der Waals surface area (Å²) in [6.07, 6.45) is 0. The highest BCUT2D eigenvalue weighted by Gasteiger charge is 2.15. The number of nitrogens with zero attached hydrogens (tertiary/aromatic N) is 1. The maximum absolute atomic E-state index is 13.6. The summed E-state index contributed by atoms with van der Waals surface area (Å²) < 4.78 is 24.6.